The summed E-state index contributed by atoms with van der Waals surface area (Å²) in [7, 11) is 0. The predicted molar refractivity (Wildman–Crippen MR) is 92.7 cm³/mol. The Balaban J connectivity index is 1.52. The van der Waals surface area contributed by atoms with Crippen molar-refractivity contribution in [2.45, 2.75) is 12.2 Å². The molecule has 0 atom stereocenters. The van der Waals surface area contributed by atoms with E-state index in [1.54, 1.807) is 12.1 Å². The zero-order valence-electron chi connectivity index (χ0n) is 12.8. The van der Waals surface area contributed by atoms with E-state index in [1.807, 2.05) is 30.0 Å². The minimum absolute atomic E-state index is 0.0378. The molecule has 24 heavy (non-hydrogen) atoms. The second-order valence-electron chi connectivity index (χ2n) is 5.09. The molecule has 0 aliphatic heterocycles. The van der Waals surface area contributed by atoms with E-state index in [2.05, 4.69) is 22.3 Å². The molecule has 2 aromatic carbocycles. The van der Waals surface area contributed by atoms with Crippen LogP contribution in [0, 0.1) is 10.1 Å². The van der Waals surface area contributed by atoms with Gasteiger partial charge in [0, 0.05) is 35.6 Å². The summed E-state index contributed by atoms with van der Waals surface area (Å²) in [6, 6.07) is 16.4. The first-order valence-corrected chi connectivity index (χ1v) is 8.57. The van der Waals surface area contributed by atoms with Crippen molar-refractivity contribution in [1.82, 2.24) is 10.2 Å². The van der Waals surface area contributed by atoms with Crippen molar-refractivity contribution < 1.29 is 9.34 Å². The molecule has 0 aliphatic carbocycles. The van der Waals surface area contributed by atoms with Crippen molar-refractivity contribution in [3.63, 3.8) is 0 Å². The van der Waals surface area contributed by atoms with Crippen molar-refractivity contribution in [1.29, 1.82) is 0 Å². The Labute approximate surface area is 143 Å². The number of nitrogens with zero attached hydrogens (tertiary/aromatic N) is 3. The summed E-state index contributed by atoms with van der Waals surface area (Å²) in [4.78, 5) is 10.2. The van der Waals surface area contributed by atoms with E-state index < -0.39 is 4.92 Å². The molecule has 3 aromatic rings. The van der Waals surface area contributed by atoms with Crippen LogP contribution >= 0.6 is 11.8 Å². The summed E-state index contributed by atoms with van der Waals surface area (Å²) >= 11 is 1.81. The van der Waals surface area contributed by atoms with E-state index in [0.29, 0.717) is 23.8 Å². The van der Waals surface area contributed by atoms with Gasteiger partial charge in [0.15, 0.2) is 0 Å². The third-order valence-electron chi connectivity index (χ3n) is 3.36. The summed E-state index contributed by atoms with van der Waals surface area (Å²) in [5.41, 5.74) is 2.01. The van der Waals surface area contributed by atoms with Crippen molar-refractivity contribution in [3.05, 3.63) is 76.2 Å². The molecule has 0 bridgehead atoms. The number of rotatable bonds is 7. The summed E-state index contributed by atoms with van der Waals surface area (Å²) in [6.07, 6.45) is 0.692. The quantitative estimate of drug-likeness (QED) is 0.365. The number of hydrogen-bond donors (Lipinski definition) is 0. The van der Waals surface area contributed by atoms with E-state index in [1.165, 1.54) is 17.7 Å². The van der Waals surface area contributed by atoms with Crippen molar-refractivity contribution >= 4 is 17.4 Å². The highest BCUT2D eigenvalue weighted by Crippen LogP contribution is 2.22. The van der Waals surface area contributed by atoms with Crippen LogP contribution in [-0.2, 0) is 12.2 Å². The highest BCUT2D eigenvalue weighted by Gasteiger charge is 2.11. The molecule has 0 aliphatic rings. The summed E-state index contributed by atoms with van der Waals surface area (Å²) in [5, 5.41) is 18.7. The zero-order valence-corrected chi connectivity index (χ0v) is 13.6. The SMILES string of the molecule is O=[N+]([O-])c1ccc(-c2nnc(CCSCc3ccccc3)o2)cc1. The number of nitro benzene ring substituents is 1. The number of hydrogen-bond acceptors (Lipinski definition) is 6. The van der Waals surface area contributed by atoms with Gasteiger partial charge in [0.05, 0.1) is 4.92 Å². The maximum Gasteiger partial charge on any atom is 0.269 e. The predicted octanol–water partition coefficient (Wildman–Crippen LogP) is 4.12. The summed E-state index contributed by atoms with van der Waals surface area (Å²) in [5.74, 6) is 2.79. The lowest BCUT2D eigenvalue weighted by Gasteiger charge is -1.99. The van der Waals surface area contributed by atoms with Gasteiger partial charge in [0.1, 0.15) is 0 Å². The van der Waals surface area contributed by atoms with E-state index >= 15 is 0 Å². The van der Waals surface area contributed by atoms with Crippen LogP contribution in [0.1, 0.15) is 11.5 Å². The van der Waals surface area contributed by atoms with E-state index in [-0.39, 0.29) is 5.69 Å². The van der Waals surface area contributed by atoms with Gasteiger partial charge in [-0.2, -0.15) is 11.8 Å². The molecule has 122 valence electrons. The average molecular weight is 341 g/mol. The van der Waals surface area contributed by atoms with Crippen LogP contribution in [0.2, 0.25) is 0 Å². The van der Waals surface area contributed by atoms with E-state index in [4.69, 9.17) is 4.42 Å². The highest BCUT2D eigenvalue weighted by atomic mass is 32.2. The number of aryl methyl sites for hydroxylation is 1. The first-order chi connectivity index (χ1) is 11.7. The zero-order chi connectivity index (χ0) is 16.8. The van der Waals surface area contributed by atoms with Gasteiger partial charge in [0.2, 0.25) is 11.8 Å². The maximum absolute atomic E-state index is 10.7. The topological polar surface area (TPSA) is 82.1 Å². The van der Waals surface area contributed by atoms with Gasteiger partial charge in [-0.3, -0.25) is 10.1 Å². The van der Waals surface area contributed by atoms with Gasteiger partial charge in [-0.1, -0.05) is 30.3 Å². The smallest absolute Gasteiger partial charge is 0.269 e. The standard InChI is InChI=1S/C17H15N3O3S/c21-20(22)15-8-6-14(7-9-15)17-19-18-16(23-17)10-11-24-12-13-4-2-1-3-5-13/h1-9H,10-12H2. The minimum Gasteiger partial charge on any atom is -0.421 e. The molecule has 0 unspecified atom stereocenters. The average Bonchev–Trinajstić information content (AvgIpc) is 3.09. The normalized spacial score (nSPS) is 10.7. The molecule has 1 aromatic heterocycles. The number of aromatic nitrogens is 2. The lowest BCUT2D eigenvalue weighted by molar-refractivity contribution is -0.384. The van der Waals surface area contributed by atoms with E-state index in [9.17, 15) is 10.1 Å². The van der Waals surface area contributed by atoms with Crippen molar-refractivity contribution in [3.8, 4) is 11.5 Å². The Morgan fingerprint density at radius 1 is 1.04 bits per heavy atom. The van der Waals surface area contributed by atoms with Crippen molar-refractivity contribution in [2.75, 3.05) is 5.75 Å². The Kier molecular flexibility index (Phi) is 5.22. The van der Waals surface area contributed by atoms with Crippen LogP contribution in [-0.4, -0.2) is 20.9 Å². The molecule has 0 N–H and O–H groups in total. The van der Waals surface area contributed by atoms with Gasteiger partial charge in [-0.25, -0.2) is 0 Å². The Morgan fingerprint density at radius 3 is 2.50 bits per heavy atom. The Bertz CT molecular complexity index is 803. The number of non-ortho nitro benzene ring substituents is 1. The Hall–Kier alpha value is -2.67. The van der Waals surface area contributed by atoms with Gasteiger partial charge < -0.3 is 4.42 Å². The second-order valence-corrected chi connectivity index (χ2v) is 6.20. The van der Waals surface area contributed by atoms with Crippen LogP contribution in [0.15, 0.2) is 59.0 Å². The molecule has 0 saturated carbocycles. The van der Waals surface area contributed by atoms with Crippen LogP contribution in [0.5, 0.6) is 0 Å². The second kappa shape index (κ2) is 7.74. The van der Waals surface area contributed by atoms with Crippen LogP contribution in [0.4, 0.5) is 5.69 Å². The highest BCUT2D eigenvalue weighted by molar-refractivity contribution is 7.98. The molecule has 0 spiro atoms. The van der Waals surface area contributed by atoms with Gasteiger partial charge in [-0.15, -0.1) is 10.2 Å². The van der Waals surface area contributed by atoms with Crippen molar-refractivity contribution in [2.24, 2.45) is 0 Å². The van der Waals surface area contributed by atoms with Crippen LogP contribution in [0.3, 0.4) is 0 Å². The number of thioether (sulfide) groups is 1. The first-order valence-electron chi connectivity index (χ1n) is 7.41. The fraction of sp³-hybridized carbons (Fsp3) is 0.176. The van der Waals surface area contributed by atoms with Crippen LogP contribution < -0.4 is 0 Å². The minimum atomic E-state index is -0.438. The molecule has 0 radical (unpaired) electrons. The summed E-state index contributed by atoms with van der Waals surface area (Å²) < 4.78 is 5.62. The molecule has 1 heterocycles. The maximum atomic E-state index is 10.7. The third-order valence-corrected chi connectivity index (χ3v) is 4.39. The molecular formula is C17H15N3O3S. The lowest BCUT2D eigenvalue weighted by atomic mass is 10.2. The van der Waals surface area contributed by atoms with Crippen LogP contribution in [0.25, 0.3) is 11.5 Å². The number of nitro groups is 1. The van der Waals surface area contributed by atoms with Gasteiger partial charge in [0.25, 0.3) is 5.69 Å². The fourth-order valence-electron chi connectivity index (χ4n) is 2.12. The molecule has 7 heteroatoms. The third kappa shape index (κ3) is 4.20. The molecule has 0 fully saturated rings. The largest absolute Gasteiger partial charge is 0.421 e. The molecular weight excluding hydrogens is 326 g/mol. The molecule has 3 rings (SSSR count). The van der Waals surface area contributed by atoms with Gasteiger partial charge in [-0.05, 0) is 17.7 Å². The monoisotopic (exact) mass is 341 g/mol. The van der Waals surface area contributed by atoms with Gasteiger partial charge >= 0.3 is 0 Å². The lowest BCUT2D eigenvalue weighted by Crippen LogP contribution is -1.90. The molecule has 0 saturated heterocycles. The van der Waals surface area contributed by atoms with E-state index in [0.717, 1.165) is 11.5 Å². The molecule has 0 amide bonds. The molecule has 6 nitrogen and oxygen atoms in total. The summed E-state index contributed by atoms with van der Waals surface area (Å²) in [6.45, 7) is 0. The first kappa shape index (κ1) is 16.2. The fourth-order valence-corrected chi connectivity index (χ4v) is 3.01. The number of benzene rings is 2. The Morgan fingerprint density at radius 2 is 1.79 bits per heavy atom.